The highest BCUT2D eigenvalue weighted by molar-refractivity contribution is 5.95. The average Bonchev–Trinajstić information content (AvgIpc) is 3.35. The number of carbonyl (C=O) groups is 1. The number of carbonyl (C=O) groups excluding carboxylic acids is 1. The van der Waals surface area contributed by atoms with E-state index in [1.807, 2.05) is 0 Å². The van der Waals surface area contributed by atoms with Crippen LogP contribution in [0.4, 0.5) is 32.0 Å². The van der Waals surface area contributed by atoms with Crippen LogP contribution >= 0.6 is 0 Å². The minimum atomic E-state index is -5.16. The van der Waals surface area contributed by atoms with Crippen LogP contribution in [0.2, 0.25) is 0 Å². The molecule has 212 valence electrons. The van der Waals surface area contributed by atoms with E-state index in [1.165, 1.54) is 32.1 Å². The van der Waals surface area contributed by atoms with Crippen LogP contribution in [0.1, 0.15) is 79.7 Å². The van der Waals surface area contributed by atoms with Crippen LogP contribution < -0.4 is 16.8 Å². The first-order valence-corrected chi connectivity index (χ1v) is 12.3. The lowest BCUT2D eigenvalue weighted by Crippen LogP contribution is -2.42. The van der Waals surface area contributed by atoms with Crippen molar-refractivity contribution in [3.05, 3.63) is 23.2 Å². The van der Waals surface area contributed by atoms with E-state index in [0.717, 1.165) is 12.5 Å². The molecule has 38 heavy (non-hydrogen) atoms. The van der Waals surface area contributed by atoms with Crippen molar-refractivity contribution in [3.8, 4) is 11.6 Å². The highest BCUT2D eigenvalue weighted by atomic mass is 19.4. The van der Waals surface area contributed by atoms with Crippen molar-refractivity contribution in [3.63, 3.8) is 0 Å². The Morgan fingerprint density at radius 1 is 1.03 bits per heavy atom. The topological polar surface area (TPSA) is 153 Å². The Balaban J connectivity index is 0.000000427. The summed E-state index contributed by atoms with van der Waals surface area (Å²) in [5, 5.41) is 19.0. The molecule has 1 amide bonds. The molecule has 1 fully saturated rings. The Morgan fingerprint density at radius 3 is 2.26 bits per heavy atom. The fraction of sp³-hybridized carbons (Fsp3) is 0.652. The van der Waals surface area contributed by atoms with E-state index in [2.05, 4.69) is 20.5 Å². The van der Waals surface area contributed by atoms with Gasteiger partial charge in [-0.3, -0.25) is 4.79 Å². The van der Waals surface area contributed by atoms with Crippen molar-refractivity contribution in [2.24, 2.45) is 11.7 Å². The quantitative estimate of drug-likeness (QED) is 0.382. The van der Waals surface area contributed by atoms with Gasteiger partial charge >= 0.3 is 12.4 Å². The monoisotopic (exact) mass is 552 g/mol. The van der Waals surface area contributed by atoms with Gasteiger partial charge in [0, 0.05) is 6.54 Å². The molecule has 1 unspecified atom stereocenters. The fourth-order valence-electron chi connectivity index (χ4n) is 4.34. The molecular formula is C23H30F6N6O3. The zero-order chi connectivity index (χ0) is 28.1. The van der Waals surface area contributed by atoms with E-state index >= 15 is 0 Å². The summed E-state index contributed by atoms with van der Waals surface area (Å²) in [4.78, 5) is 15.8. The number of alkyl halides is 6. The molecule has 1 aliphatic carbocycles. The summed E-state index contributed by atoms with van der Waals surface area (Å²) in [5.41, 5.74) is 3.85. The number of nitrogens with two attached hydrogens (primary N) is 2. The van der Waals surface area contributed by atoms with Crippen LogP contribution in [0.3, 0.4) is 0 Å². The number of halogens is 6. The molecule has 3 heterocycles. The number of pyridine rings is 1. The van der Waals surface area contributed by atoms with Crippen molar-refractivity contribution in [2.75, 3.05) is 18.8 Å². The standard InChI is InChI=1S/C16H15F6N5O3.C7H15N/c17-15(18,19)7-6-8(23)10-12-26-27-13(30-12)14(29,16(20,21)22)4-2-1-3-5-24-11(28)9(7)25-10;8-6-7-4-2-1-3-5-7/h6,29H,1-5,23H2,(H,24,28);7H,1-6,8H2. The molecule has 0 saturated heterocycles. The molecule has 0 aromatic carbocycles. The van der Waals surface area contributed by atoms with Crippen LogP contribution in [0.5, 0.6) is 0 Å². The highest BCUT2D eigenvalue weighted by Gasteiger charge is 2.58. The molecule has 2 aromatic rings. The van der Waals surface area contributed by atoms with Gasteiger partial charge in [0.1, 0.15) is 5.69 Å². The van der Waals surface area contributed by atoms with E-state index in [9.17, 15) is 36.2 Å². The zero-order valence-corrected chi connectivity index (χ0v) is 20.5. The minimum Gasteiger partial charge on any atom is -0.416 e. The summed E-state index contributed by atoms with van der Waals surface area (Å²) in [6, 6.07) is 0.406. The number of amides is 1. The lowest BCUT2D eigenvalue weighted by molar-refractivity contribution is -0.277. The molecule has 2 aromatic heterocycles. The summed E-state index contributed by atoms with van der Waals surface area (Å²) in [6.45, 7) is 0.806. The first-order valence-electron chi connectivity index (χ1n) is 12.3. The number of hydrogen-bond acceptors (Lipinski definition) is 8. The Morgan fingerprint density at radius 2 is 1.68 bits per heavy atom. The van der Waals surface area contributed by atoms with Gasteiger partial charge in [0.2, 0.25) is 5.60 Å². The largest absolute Gasteiger partial charge is 0.426 e. The summed E-state index contributed by atoms with van der Waals surface area (Å²) in [7, 11) is 0. The first kappa shape index (κ1) is 29.6. The van der Waals surface area contributed by atoms with Gasteiger partial charge in [-0.25, -0.2) is 4.98 Å². The molecule has 6 N–H and O–H groups in total. The van der Waals surface area contributed by atoms with Gasteiger partial charge < -0.3 is 26.3 Å². The van der Waals surface area contributed by atoms with Gasteiger partial charge in [0.25, 0.3) is 17.7 Å². The molecule has 1 saturated carbocycles. The van der Waals surface area contributed by atoms with E-state index in [0.29, 0.717) is 6.07 Å². The number of rotatable bonds is 1. The van der Waals surface area contributed by atoms with Crippen molar-refractivity contribution < 1.29 is 40.7 Å². The molecule has 0 radical (unpaired) electrons. The number of nitrogen functional groups attached to an aromatic ring is 1. The number of hydrogen-bond donors (Lipinski definition) is 4. The Kier molecular flexibility index (Phi) is 9.23. The maximum absolute atomic E-state index is 13.5. The highest BCUT2D eigenvalue weighted by Crippen LogP contribution is 2.43. The number of fused-ring (bicyclic) bond motifs is 5. The number of nitrogens with zero attached hydrogens (tertiary/aromatic N) is 3. The molecule has 4 bridgehead atoms. The molecule has 1 aliphatic heterocycles. The molecule has 0 spiro atoms. The van der Waals surface area contributed by atoms with Crippen molar-refractivity contribution in [2.45, 2.75) is 75.7 Å². The van der Waals surface area contributed by atoms with Gasteiger partial charge in [0.15, 0.2) is 5.69 Å². The van der Waals surface area contributed by atoms with E-state index in [4.69, 9.17) is 15.9 Å². The predicted octanol–water partition coefficient (Wildman–Crippen LogP) is 4.31. The Hall–Kier alpha value is -2.94. The third-order valence-electron chi connectivity index (χ3n) is 6.58. The van der Waals surface area contributed by atoms with Gasteiger partial charge in [-0.1, -0.05) is 25.7 Å². The maximum atomic E-state index is 13.5. The second-order valence-electron chi connectivity index (χ2n) is 9.40. The second kappa shape index (κ2) is 11.8. The van der Waals surface area contributed by atoms with E-state index in [1.54, 1.807) is 0 Å². The van der Waals surface area contributed by atoms with Gasteiger partial charge in [-0.15, -0.1) is 10.2 Å². The molecule has 9 nitrogen and oxygen atoms in total. The van der Waals surface area contributed by atoms with E-state index < -0.39 is 64.7 Å². The van der Waals surface area contributed by atoms with Crippen molar-refractivity contribution >= 4 is 11.6 Å². The van der Waals surface area contributed by atoms with Crippen molar-refractivity contribution in [1.29, 1.82) is 0 Å². The fourth-order valence-corrected chi connectivity index (χ4v) is 4.34. The van der Waals surface area contributed by atoms with Crippen LogP contribution in [0.25, 0.3) is 11.6 Å². The van der Waals surface area contributed by atoms with Crippen LogP contribution in [0, 0.1) is 5.92 Å². The third kappa shape index (κ3) is 6.73. The lowest BCUT2D eigenvalue weighted by Gasteiger charge is -2.27. The lowest BCUT2D eigenvalue weighted by atomic mass is 9.90. The van der Waals surface area contributed by atoms with Gasteiger partial charge in [0.05, 0.1) is 11.3 Å². The predicted molar refractivity (Wildman–Crippen MR) is 123 cm³/mol. The van der Waals surface area contributed by atoms with Crippen LogP contribution in [-0.2, 0) is 11.8 Å². The minimum absolute atomic E-state index is 0.111. The molecule has 4 rings (SSSR count). The number of anilines is 1. The Labute approximate surface area is 214 Å². The zero-order valence-electron chi connectivity index (χ0n) is 20.5. The number of nitrogens with one attached hydrogen (secondary N) is 1. The Bertz CT molecular complexity index is 1100. The molecular weight excluding hydrogens is 522 g/mol. The smallest absolute Gasteiger partial charge is 0.416 e. The second-order valence-corrected chi connectivity index (χ2v) is 9.40. The van der Waals surface area contributed by atoms with Gasteiger partial charge in [-0.05, 0) is 50.6 Å². The SMILES string of the molecule is NCC1CCCCC1.Nc1cc(C(F)(F)F)c2nc1-c1nnc(o1)C(O)(C(F)(F)F)CCCCCNC2=O. The third-order valence-corrected chi connectivity index (χ3v) is 6.58. The maximum Gasteiger partial charge on any atom is 0.426 e. The summed E-state index contributed by atoms with van der Waals surface area (Å²) in [5.74, 6) is -2.25. The summed E-state index contributed by atoms with van der Waals surface area (Å²) >= 11 is 0. The molecule has 2 aliphatic rings. The normalized spacial score (nSPS) is 21.6. The summed E-state index contributed by atoms with van der Waals surface area (Å²) in [6.07, 6.45) is -3.74. The van der Waals surface area contributed by atoms with Crippen molar-refractivity contribution in [1.82, 2.24) is 20.5 Å². The van der Waals surface area contributed by atoms with Gasteiger partial charge in [-0.2, -0.15) is 26.3 Å². The number of aromatic nitrogens is 3. The number of aliphatic hydroxyl groups is 1. The van der Waals surface area contributed by atoms with Crippen LogP contribution in [0.15, 0.2) is 10.5 Å². The summed E-state index contributed by atoms with van der Waals surface area (Å²) < 4.78 is 85.4. The first-order chi connectivity index (χ1) is 17.8. The van der Waals surface area contributed by atoms with Crippen LogP contribution in [-0.4, -0.2) is 45.5 Å². The average molecular weight is 553 g/mol. The molecule has 1 atom stereocenters. The molecule has 15 heteroatoms. The van der Waals surface area contributed by atoms with E-state index in [-0.39, 0.29) is 25.8 Å².